The third-order valence-corrected chi connectivity index (χ3v) is 5.69. The summed E-state index contributed by atoms with van der Waals surface area (Å²) in [5, 5.41) is 5.74. The molecule has 0 aromatic heterocycles. The summed E-state index contributed by atoms with van der Waals surface area (Å²) in [4.78, 5) is 14.7. The fraction of sp³-hybridized carbons (Fsp3) is 0.409. The molecule has 0 bridgehead atoms. The number of carbonyl (C=O) groups is 1. The number of hydrogen-bond donors (Lipinski definition) is 3. The summed E-state index contributed by atoms with van der Waals surface area (Å²) in [6.45, 7) is 3.96. The smallest absolute Gasteiger partial charge is 0.315 e. The normalized spacial score (nSPS) is 14.8. The zero-order valence-electron chi connectivity index (χ0n) is 17.4. The van der Waals surface area contributed by atoms with E-state index in [0.29, 0.717) is 18.8 Å². The summed E-state index contributed by atoms with van der Waals surface area (Å²) in [5.41, 5.74) is 3.66. The van der Waals surface area contributed by atoms with E-state index in [1.165, 1.54) is 24.8 Å². The molecule has 3 rings (SSSR count). The second-order valence-electron chi connectivity index (χ2n) is 7.72. The molecule has 2 aromatic carbocycles. The topological polar surface area (TPSA) is 90.5 Å². The van der Waals surface area contributed by atoms with E-state index in [1.54, 1.807) is 18.2 Å². The molecule has 8 heteroatoms. The molecule has 0 unspecified atom stereocenters. The van der Waals surface area contributed by atoms with Gasteiger partial charge in [0.15, 0.2) is 0 Å². The summed E-state index contributed by atoms with van der Waals surface area (Å²) < 4.78 is 25.2. The van der Waals surface area contributed by atoms with Crippen LogP contribution in [0.25, 0.3) is 0 Å². The van der Waals surface area contributed by atoms with Gasteiger partial charge < -0.3 is 10.6 Å². The first-order valence-electron chi connectivity index (χ1n) is 10.3. The van der Waals surface area contributed by atoms with E-state index in [1.807, 2.05) is 18.2 Å². The van der Waals surface area contributed by atoms with E-state index in [4.69, 9.17) is 0 Å². The first-order chi connectivity index (χ1) is 14.4. The summed E-state index contributed by atoms with van der Waals surface area (Å²) in [5.74, 6) is 0. The standard InChI is InChI=1S/C22H30N4O3S/c1-30(28,29)25-21-11-7-8-18(14-21)15-23-22(27)24-16-19-9-3-4-10-20(19)17-26-12-5-2-6-13-26/h3-4,7-11,14,25H,2,5-6,12-13,15-17H2,1H3,(H2,23,24,27). The minimum absolute atomic E-state index is 0.260. The average molecular weight is 431 g/mol. The van der Waals surface area contributed by atoms with Gasteiger partial charge in [0.25, 0.3) is 0 Å². The summed E-state index contributed by atoms with van der Waals surface area (Å²) >= 11 is 0. The van der Waals surface area contributed by atoms with Crippen molar-refractivity contribution >= 4 is 21.7 Å². The number of benzene rings is 2. The first-order valence-corrected chi connectivity index (χ1v) is 12.2. The van der Waals surface area contributed by atoms with Crippen LogP contribution in [0.1, 0.15) is 36.0 Å². The number of anilines is 1. The number of sulfonamides is 1. The lowest BCUT2D eigenvalue weighted by Crippen LogP contribution is -2.35. The fourth-order valence-corrected chi connectivity index (χ4v) is 4.18. The quantitative estimate of drug-likeness (QED) is 0.600. The minimum atomic E-state index is -3.33. The van der Waals surface area contributed by atoms with Gasteiger partial charge >= 0.3 is 6.03 Å². The maximum atomic E-state index is 12.3. The number of hydrogen-bond acceptors (Lipinski definition) is 4. The third-order valence-electron chi connectivity index (χ3n) is 5.08. The van der Waals surface area contributed by atoms with E-state index < -0.39 is 10.0 Å². The molecule has 1 aliphatic heterocycles. The molecule has 1 saturated heterocycles. The number of urea groups is 1. The van der Waals surface area contributed by atoms with Gasteiger partial charge in [0.05, 0.1) is 6.26 Å². The highest BCUT2D eigenvalue weighted by molar-refractivity contribution is 7.92. The zero-order chi connectivity index (χ0) is 21.4. The van der Waals surface area contributed by atoms with Crippen LogP contribution in [0.2, 0.25) is 0 Å². The number of nitrogens with one attached hydrogen (secondary N) is 3. The van der Waals surface area contributed by atoms with Crippen molar-refractivity contribution in [2.75, 3.05) is 24.1 Å². The van der Waals surface area contributed by atoms with Crippen LogP contribution in [0.3, 0.4) is 0 Å². The van der Waals surface area contributed by atoms with Gasteiger partial charge in [0, 0.05) is 25.3 Å². The summed E-state index contributed by atoms with van der Waals surface area (Å²) in [6, 6.07) is 14.9. The fourth-order valence-electron chi connectivity index (χ4n) is 3.62. The van der Waals surface area contributed by atoms with Crippen LogP contribution in [0.4, 0.5) is 10.5 Å². The Bertz CT molecular complexity index is 956. The van der Waals surface area contributed by atoms with Crippen molar-refractivity contribution in [1.29, 1.82) is 0 Å². The second kappa shape index (κ2) is 10.4. The van der Waals surface area contributed by atoms with Gasteiger partial charge in [0.1, 0.15) is 0 Å². The Morgan fingerprint density at radius 3 is 2.37 bits per heavy atom. The molecule has 7 nitrogen and oxygen atoms in total. The van der Waals surface area contributed by atoms with E-state index >= 15 is 0 Å². The van der Waals surface area contributed by atoms with Crippen LogP contribution in [-0.4, -0.2) is 38.7 Å². The predicted octanol–water partition coefficient (Wildman–Crippen LogP) is 3.04. The van der Waals surface area contributed by atoms with Crippen LogP contribution in [0.5, 0.6) is 0 Å². The molecule has 1 aliphatic rings. The van der Waals surface area contributed by atoms with Crippen LogP contribution >= 0.6 is 0 Å². The highest BCUT2D eigenvalue weighted by Gasteiger charge is 2.13. The van der Waals surface area contributed by atoms with Crippen molar-refractivity contribution in [3.8, 4) is 0 Å². The van der Waals surface area contributed by atoms with Crippen molar-refractivity contribution < 1.29 is 13.2 Å². The monoisotopic (exact) mass is 430 g/mol. The lowest BCUT2D eigenvalue weighted by Gasteiger charge is -2.27. The van der Waals surface area contributed by atoms with E-state index in [2.05, 4.69) is 32.4 Å². The Morgan fingerprint density at radius 2 is 1.63 bits per heavy atom. The SMILES string of the molecule is CS(=O)(=O)Nc1cccc(CNC(=O)NCc2ccccc2CN2CCCCC2)c1. The van der Waals surface area contributed by atoms with Crippen LogP contribution in [0.15, 0.2) is 48.5 Å². The Morgan fingerprint density at radius 1 is 0.933 bits per heavy atom. The van der Waals surface area contributed by atoms with Crippen LogP contribution in [0, 0.1) is 0 Å². The van der Waals surface area contributed by atoms with Crippen molar-refractivity contribution in [1.82, 2.24) is 15.5 Å². The van der Waals surface area contributed by atoms with Gasteiger partial charge in [-0.2, -0.15) is 0 Å². The highest BCUT2D eigenvalue weighted by Crippen LogP contribution is 2.16. The molecule has 0 saturated carbocycles. The van der Waals surface area contributed by atoms with E-state index in [9.17, 15) is 13.2 Å². The average Bonchev–Trinajstić information content (AvgIpc) is 2.71. The Hall–Kier alpha value is -2.58. The van der Waals surface area contributed by atoms with Crippen LogP contribution in [-0.2, 0) is 29.7 Å². The molecule has 30 heavy (non-hydrogen) atoms. The molecule has 3 N–H and O–H groups in total. The number of nitrogens with zero attached hydrogens (tertiary/aromatic N) is 1. The van der Waals surface area contributed by atoms with Gasteiger partial charge in [0.2, 0.25) is 10.0 Å². The lowest BCUT2D eigenvalue weighted by atomic mass is 10.0. The van der Waals surface area contributed by atoms with E-state index in [-0.39, 0.29) is 6.03 Å². The molecule has 0 spiro atoms. The number of piperidine rings is 1. The van der Waals surface area contributed by atoms with Gasteiger partial charge in [-0.25, -0.2) is 13.2 Å². The highest BCUT2D eigenvalue weighted by atomic mass is 32.2. The van der Waals surface area contributed by atoms with Crippen molar-refractivity contribution in [2.24, 2.45) is 0 Å². The molecule has 0 atom stereocenters. The molecule has 0 aliphatic carbocycles. The van der Waals surface area contributed by atoms with Crippen molar-refractivity contribution in [3.63, 3.8) is 0 Å². The Kier molecular flexibility index (Phi) is 7.70. The number of amides is 2. The summed E-state index contributed by atoms with van der Waals surface area (Å²) in [7, 11) is -3.33. The summed E-state index contributed by atoms with van der Waals surface area (Å²) in [6.07, 6.45) is 4.93. The molecule has 0 radical (unpaired) electrons. The molecule has 1 heterocycles. The van der Waals surface area contributed by atoms with Crippen molar-refractivity contribution in [2.45, 2.75) is 38.9 Å². The molecule has 162 valence electrons. The zero-order valence-corrected chi connectivity index (χ0v) is 18.2. The van der Waals surface area contributed by atoms with Gasteiger partial charge in [-0.1, -0.05) is 42.8 Å². The molecule has 1 fully saturated rings. The number of likely N-dealkylation sites (tertiary alicyclic amines) is 1. The van der Waals surface area contributed by atoms with Crippen LogP contribution < -0.4 is 15.4 Å². The molecular formula is C22H30N4O3S. The predicted molar refractivity (Wildman–Crippen MR) is 120 cm³/mol. The number of rotatable bonds is 8. The maximum Gasteiger partial charge on any atom is 0.315 e. The first kappa shape index (κ1) is 22.1. The van der Waals surface area contributed by atoms with Gasteiger partial charge in [-0.3, -0.25) is 9.62 Å². The Labute approximate surface area is 178 Å². The van der Waals surface area contributed by atoms with Gasteiger partial charge in [-0.15, -0.1) is 0 Å². The van der Waals surface area contributed by atoms with Gasteiger partial charge in [-0.05, 0) is 54.8 Å². The maximum absolute atomic E-state index is 12.3. The lowest BCUT2D eigenvalue weighted by molar-refractivity contribution is 0.220. The largest absolute Gasteiger partial charge is 0.334 e. The Balaban J connectivity index is 1.50. The molecular weight excluding hydrogens is 400 g/mol. The number of carbonyl (C=O) groups excluding carboxylic acids is 1. The molecule has 2 amide bonds. The minimum Gasteiger partial charge on any atom is -0.334 e. The second-order valence-corrected chi connectivity index (χ2v) is 9.46. The van der Waals surface area contributed by atoms with Crippen molar-refractivity contribution in [3.05, 3.63) is 65.2 Å². The molecule has 2 aromatic rings. The van der Waals surface area contributed by atoms with E-state index in [0.717, 1.165) is 37.0 Å². The third kappa shape index (κ3) is 7.35.